The molecular formula is C20H19NNa2O6. The van der Waals surface area contributed by atoms with Gasteiger partial charge in [0, 0.05) is 13.1 Å². The van der Waals surface area contributed by atoms with Crippen molar-refractivity contribution < 1.29 is 88.8 Å². The van der Waals surface area contributed by atoms with Gasteiger partial charge < -0.3 is 29.8 Å². The molecular weight excluding hydrogens is 396 g/mol. The van der Waals surface area contributed by atoms with Crippen LogP contribution >= 0.6 is 0 Å². The summed E-state index contributed by atoms with van der Waals surface area (Å²) in [6.07, 6.45) is 0.208. The van der Waals surface area contributed by atoms with Crippen molar-refractivity contribution in [3.63, 3.8) is 0 Å². The van der Waals surface area contributed by atoms with E-state index in [-0.39, 0.29) is 71.0 Å². The molecule has 0 radical (unpaired) electrons. The Morgan fingerprint density at radius 3 is 2.10 bits per heavy atom. The average molecular weight is 415 g/mol. The molecule has 3 rings (SSSR count). The number of amides is 1. The number of hydrogen-bond acceptors (Lipinski definition) is 6. The van der Waals surface area contributed by atoms with Crippen LogP contribution in [-0.2, 0) is 11.3 Å². The number of ether oxygens (including phenoxy) is 1. The summed E-state index contributed by atoms with van der Waals surface area (Å²) in [5, 5.41) is 26.0. The Bertz CT molecular complexity index is 792. The van der Waals surface area contributed by atoms with Crippen molar-refractivity contribution in [2.24, 2.45) is 0 Å². The number of rotatable bonds is 3. The molecule has 1 amide bonds. The molecule has 0 bridgehead atoms. The Morgan fingerprint density at radius 1 is 1.00 bits per heavy atom. The first-order chi connectivity index (χ1) is 13.0. The number of carbonyl (C=O) groups excluding carboxylic acids is 2. The first-order valence-corrected chi connectivity index (χ1v) is 8.28. The van der Waals surface area contributed by atoms with Gasteiger partial charge >= 0.3 is 65.2 Å². The van der Waals surface area contributed by atoms with Crippen molar-refractivity contribution in [1.82, 2.24) is 4.90 Å². The Morgan fingerprint density at radius 2 is 1.59 bits per heavy atom. The first kappa shape index (κ1) is 27.5. The van der Waals surface area contributed by atoms with E-state index >= 15 is 0 Å². The molecule has 9 heteroatoms. The second-order valence-electron chi connectivity index (χ2n) is 5.76. The summed E-state index contributed by atoms with van der Waals surface area (Å²) >= 11 is 0. The standard InChI is InChI=1S/C19H19NO3.CH2O3.2Na/c21-18-8-6-16(7-9-18)17-10-12-20(13-11-17)19(22)23-14-15-4-2-1-3-5-15;2-1(3)4;;/h1-10,21H,11-14H2;(H2,2,3,4);;/q;;2*+1/p-2. The molecule has 142 valence electrons. The van der Waals surface area contributed by atoms with E-state index in [1.807, 2.05) is 48.5 Å². The number of phenols is 1. The van der Waals surface area contributed by atoms with E-state index in [2.05, 4.69) is 0 Å². The topological polar surface area (TPSA) is 113 Å². The first-order valence-electron chi connectivity index (χ1n) is 8.28. The minimum atomic E-state index is -2.33. The molecule has 1 aliphatic rings. The molecule has 2 aromatic rings. The van der Waals surface area contributed by atoms with Crippen LogP contribution in [0.4, 0.5) is 9.59 Å². The van der Waals surface area contributed by atoms with Gasteiger partial charge in [0.05, 0.1) is 0 Å². The fraction of sp³-hybridized carbons (Fsp3) is 0.200. The molecule has 1 N–H and O–H groups in total. The molecule has 0 atom stereocenters. The van der Waals surface area contributed by atoms with Crippen molar-refractivity contribution >= 4 is 17.8 Å². The smallest absolute Gasteiger partial charge is 0.652 e. The largest absolute Gasteiger partial charge is 1.00 e. The van der Waals surface area contributed by atoms with Crippen LogP contribution in [0.3, 0.4) is 0 Å². The minimum Gasteiger partial charge on any atom is -0.652 e. The second-order valence-corrected chi connectivity index (χ2v) is 5.76. The Hall–Kier alpha value is -1.48. The van der Waals surface area contributed by atoms with Crippen LogP contribution in [0.15, 0.2) is 60.7 Å². The summed E-state index contributed by atoms with van der Waals surface area (Å²) in [4.78, 5) is 22.1. The summed E-state index contributed by atoms with van der Waals surface area (Å²) in [6, 6.07) is 16.8. The summed E-state index contributed by atoms with van der Waals surface area (Å²) in [7, 11) is 0. The van der Waals surface area contributed by atoms with E-state index in [9.17, 15) is 9.90 Å². The summed E-state index contributed by atoms with van der Waals surface area (Å²) in [5.74, 6) is 0.260. The van der Waals surface area contributed by atoms with Gasteiger partial charge in [0.25, 0.3) is 0 Å². The number of hydrogen-bond donors (Lipinski definition) is 1. The fourth-order valence-electron chi connectivity index (χ4n) is 2.58. The van der Waals surface area contributed by atoms with E-state index in [0.717, 1.165) is 17.5 Å². The maximum absolute atomic E-state index is 12.1. The van der Waals surface area contributed by atoms with Crippen molar-refractivity contribution in [2.75, 3.05) is 13.1 Å². The zero-order valence-electron chi connectivity index (χ0n) is 16.5. The number of aromatic hydroxyl groups is 1. The van der Waals surface area contributed by atoms with Gasteiger partial charge in [-0.1, -0.05) is 48.5 Å². The Kier molecular flexibility index (Phi) is 13.8. The monoisotopic (exact) mass is 415 g/mol. The Labute approximate surface area is 213 Å². The number of carboxylic acid groups (broad SMARTS) is 2. The molecule has 2 aromatic carbocycles. The maximum Gasteiger partial charge on any atom is 1.00 e. The van der Waals surface area contributed by atoms with Crippen molar-refractivity contribution in [2.45, 2.75) is 13.0 Å². The van der Waals surface area contributed by atoms with Crippen LogP contribution in [0.1, 0.15) is 17.5 Å². The van der Waals surface area contributed by atoms with E-state index in [0.29, 0.717) is 19.7 Å². The quantitative estimate of drug-likeness (QED) is 0.505. The molecule has 1 aliphatic heterocycles. The summed E-state index contributed by atoms with van der Waals surface area (Å²) < 4.78 is 5.35. The average Bonchev–Trinajstić information content (AvgIpc) is 2.67. The molecule has 0 saturated heterocycles. The van der Waals surface area contributed by atoms with Crippen LogP contribution in [-0.4, -0.2) is 35.3 Å². The van der Waals surface area contributed by atoms with Gasteiger partial charge in [-0.05, 0) is 41.4 Å². The zero-order valence-corrected chi connectivity index (χ0v) is 20.5. The van der Waals surface area contributed by atoms with Gasteiger partial charge in [0.15, 0.2) is 0 Å². The summed E-state index contributed by atoms with van der Waals surface area (Å²) in [6.45, 7) is 1.48. The van der Waals surface area contributed by atoms with E-state index < -0.39 is 6.16 Å². The number of nitrogens with zero attached hydrogens (tertiary/aromatic N) is 1. The normalized spacial score (nSPS) is 12.1. The number of phenolic OH excluding ortho intramolecular Hbond substituents is 1. The minimum absolute atomic E-state index is 0. The predicted molar refractivity (Wildman–Crippen MR) is 94.3 cm³/mol. The van der Waals surface area contributed by atoms with Crippen molar-refractivity contribution in [3.8, 4) is 5.75 Å². The van der Waals surface area contributed by atoms with Gasteiger partial charge in [-0.2, -0.15) is 0 Å². The van der Waals surface area contributed by atoms with Crippen LogP contribution in [0, 0.1) is 0 Å². The van der Waals surface area contributed by atoms with Gasteiger partial charge in [-0.15, -0.1) is 0 Å². The SMILES string of the molecule is O=C(OCc1ccccc1)N1CC=C(c2ccc(O)cc2)CC1.O=C([O-])[O-].[Na+].[Na+]. The maximum atomic E-state index is 12.1. The molecule has 1 heterocycles. The van der Waals surface area contributed by atoms with Gasteiger partial charge in [-0.25, -0.2) is 4.79 Å². The Balaban J connectivity index is 0.00000120. The summed E-state index contributed by atoms with van der Waals surface area (Å²) in [5.41, 5.74) is 3.26. The van der Waals surface area contributed by atoms with Crippen LogP contribution in [0.25, 0.3) is 5.57 Å². The number of benzene rings is 2. The third-order valence-electron chi connectivity index (χ3n) is 3.91. The molecule has 0 saturated carbocycles. The molecule has 7 nitrogen and oxygen atoms in total. The molecule has 29 heavy (non-hydrogen) atoms. The van der Waals surface area contributed by atoms with E-state index in [1.165, 1.54) is 5.57 Å². The van der Waals surface area contributed by atoms with E-state index in [4.69, 9.17) is 19.7 Å². The second kappa shape index (κ2) is 14.5. The third kappa shape index (κ3) is 10.2. The molecule has 0 fully saturated rings. The van der Waals surface area contributed by atoms with E-state index in [1.54, 1.807) is 17.0 Å². The zero-order chi connectivity index (χ0) is 19.6. The molecule has 0 aliphatic carbocycles. The fourth-order valence-corrected chi connectivity index (χ4v) is 2.58. The molecule has 0 unspecified atom stereocenters. The van der Waals surface area contributed by atoms with Gasteiger partial charge in [0.1, 0.15) is 12.4 Å². The van der Waals surface area contributed by atoms with Crippen molar-refractivity contribution in [1.29, 1.82) is 0 Å². The molecule has 0 spiro atoms. The third-order valence-corrected chi connectivity index (χ3v) is 3.91. The molecule has 0 aromatic heterocycles. The van der Waals surface area contributed by atoms with Gasteiger partial charge in [-0.3, -0.25) is 0 Å². The predicted octanol–water partition coefficient (Wildman–Crippen LogP) is -4.62. The van der Waals surface area contributed by atoms with Crippen LogP contribution < -0.4 is 69.3 Å². The van der Waals surface area contributed by atoms with Gasteiger partial charge in [0.2, 0.25) is 0 Å². The number of carbonyl (C=O) groups is 2. The van der Waals surface area contributed by atoms with Crippen LogP contribution in [0.2, 0.25) is 0 Å². The van der Waals surface area contributed by atoms with Crippen LogP contribution in [0.5, 0.6) is 5.75 Å². The van der Waals surface area contributed by atoms with Crippen molar-refractivity contribution in [3.05, 3.63) is 71.8 Å².